The van der Waals surface area contributed by atoms with Crippen molar-refractivity contribution < 1.29 is 4.52 Å². The molecular formula is C22H19ClN4O. The van der Waals surface area contributed by atoms with Crippen LogP contribution in [0.3, 0.4) is 0 Å². The van der Waals surface area contributed by atoms with Crippen LogP contribution in [-0.4, -0.2) is 19.3 Å². The van der Waals surface area contributed by atoms with Crippen molar-refractivity contribution >= 4 is 23.3 Å². The van der Waals surface area contributed by atoms with Gasteiger partial charge in [0, 0.05) is 35.6 Å². The third kappa shape index (κ3) is 3.10. The molecule has 0 bridgehead atoms. The van der Waals surface area contributed by atoms with Gasteiger partial charge in [-0.2, -0.15) is 0 Å². The van der Waals surface area contributed by atoms with Crippen LogP contribution in [0.4, 0.5) is 0 Å². The first-order valence-electron chi connectivity index (χ1n) is 8.89. The van der Waals surface area contributed by atoms with Crippen LogP contribution < -0.4 is 0 Å². The SMILES string of the molecule is Cc1nccn1Cc1cn(-c2cc(-c3ccccc3)no2)c2ccccc12.Cl. The Hall–Kier alpha value is -3.31. The van der Waals surface area contributed by atoms with Gasteiger partial charge >= 0.3 is 0 Å². The highest BCUT2D eigenvalue weighted by molar-refractivity contribution is 5.86. The van der Waals surface area contributed by atoms with E-state index in [-0.39, 0.29) is 12.4 Å². The Morgan fingerprint density at radius 3 is 2.57 bits per heavy atom. The van der Waals surface area contributed by atoms with Crippen LogP contribution in [0.2, 0.25) is 0 Å². The zero-order valence-electron chi connectivity index (χ0n) is 15.3. The molecule has 0 aliphatic carbocycles. The topological polar surface area (TPSA) is 48.8 Å². The van der Waals surface area contributed by atoms with E-state index in [4.69, 9.17) is 4.52 Å². The molecule has 2 aromatic carbocycles. The summed E-state index contributed by atoms with van der Waals surface area (Å²) in [4.78, 5) is 4.32. The van der Waals surface area contributed by atoms with E-state index in [0.29, 0.717) is 5.88 Å². The summed E-state index contributed by atoms with van der Waals surface area (Å²) in [6.45, 7) is 2.78. The number of hydrogen-bond acceptors (Lipinski definition) is 3. The van der Waals surface area contributed by atoms with Crippen LogP contribution in [0.5, 0.6) is 0 Å². The van der Waals surface area contributed by atoms with E-state index >= 15 is 0 Å². The second kappa shape index (κ2) is 7.37. The summed E-state index contributed by atoms with van der Waals surface area (Å²) in [6.07, 6.45) is 5.96. The average Bonchev–Trinajstić information content (AvgIpc) is 3.43. The maximum Gasteiger partial charge on any atom is 0.236 e. The van der Waals surface area contributed by atoms with Crippen LogP contribution in [0.25, 0.3) is 28.0 Å². The average molecular weight is 391 g/mol. The number of rotatable bonds is 4. The lowest BCUT2D eigenvalue weighted by Crippen LogP contribution is -2.00. The number of halogens is 1. The first kappa shape index (κ1) is 18.1. The molecule has 0 saturated carbocycles. The quantitative estimate of drug-likeness (QED) is 0.420. The molecule has 0 aliphatic rings. The van der Waals surface area contributed by atoms with Crippen molar-refractivity contribution in [2.45, 2.75) is 13.5 Å². The molecule has 0 unspecified atom stereocenters. The fourth-order valence-electron chi connectivity index (χ4n) is 3.44. The van der Waals surface area contributed by atoms with Crippen molar-refractivity contribution in [3.63, 3.8) is 0 Å². The summed E-state index contributed by atoms with van der Waals surface area (Å²) in [5.41, 5.74) is 4.18. The highest BCUT2D eigenvalue weighted by Crippen LogP contribution is 2.28. The third-order valence-electron chi connectivity index (χ3n) is 4.86. The Kier molecular flexibility index (Phi) is 4.75. The van der Waals surface area contributed by atoms with Gasteiger partial charge in [0.15, 0.2) is 0 Å². The Morgan fingerprint density at radius 2 is 1.79 bits per heavy atom. The molecule has 0 N–H and O–H groups in total. The summed E-state index contributed by atoms with van der Waals surface area (Å²) in [6, 6.07) is 20.4. The van der Waals surface area contributed by atoms with Gasteiger partial charge in [0.05, 0.1) is 12.1 Å². The molecule has 6 heteroatoms. The number of aryl methyl sites for hydroxylation is 1. The molecule has 0 radical (unpaired) electrons. The van der Waals surface area contributed by atoms with Gasteiger partial charge in [-0.25, -0.2) is 4.98 Å². The van der Waals surface area contributed by atoms with Crippen LogP contribution in [0, 0.1) is 6.92 Å². The zero-order chi connectivity index (χ0) is 18.2. The van der Waals surface area contributed by atoms with E-state index < -0.39 is 0 Å². The van der Waals surface area contributed by atoms with E-state index in [2.05, 4.69) is 43.7 Å². The first-order chi connectivity index (χ1) is 13.3. The monoisotopic (exact) mass is 390 g/mol. The van der Waals surface area contributed by atoms with E-state index in [1.165, 1.54) is 10.9 Å². The van der Waals surface area contributed by atoms with Crippen LogP contribution in [-0.2, 0) is 6.54 Å². The van der Waals surface area contributed by atoms with Crippen LogP contribution >= 0.6 is 12.4 Å². The largest absolute Gasteiger partial charge is 0.337 e. The fraction of sp³-hybridized carbons (Fsp3) is 0.0909. The molecule has 0 atom stereocenters. The minimum absolute atomic E-state index is 0. The van der Waals surface area contributed by atoms with Gasteiger partial charge in [-0.1, -0.05) is 53.7 Å². The van der Waals surface area contributed by atoms with Gasteiger partial charge in [0.1, 0.15) is 11.5 Å². The van der Waals surface area contributed by atoms with Gasteiger partial charge in [-0.3, -0.25) is 4.57 Å². The standard InChI is InChI=1S/C22H18N4O.ClH/c1-16-23-11-12-25(16)14-18-15-26(21-10-6-5-9-19(18)21)22-13-20(24-27-22)17-7-3-2-4-8-17;/h2-13,15H,14H2,1H3;1H. The predicted octanol–water partition coefficient (Wildman–Crippen LogP) is 5.26. The smallest absolute Gasteiger partial charge is 0.236 e. The van der Waals surface area contributed by atoms with Gasteiger partial charge in [-0.05, 0) is 18.6 Å². The minimum Gasteiger partial charge on any atom is -0.337 e. The lowest BCUT2D eigenvalue weighted by molar-refractivity contribution is 0.410. The molecule has 0 aliphatic heterocycles. The molecule has 5 aromatic rings. The summed E-state index contributed by atoms with van der Waals surface area (Å²) < 4.78 is 9.89. The van der Waals surface area contributed by atoms with Crippen molar-refractivity contribution in [3.05, 3.63) is 90.6 Å². The number of imidazole rings is 1. The molecule has 0 spiro atoms. The summed E-state index contributed by atoms with van der Waals surface area (Å²) >= 11 is 0. The Morgan fingerprint density at radius 1 is 1.00 bits per heavy atom. The lowest BCUT2D eigenvalue weighted by Gasteiger charge is -2.03. The van der Waals surface area contributed by atoms with Crippen molar-refractivity contribution in [2.75, 3.05) is 0 Å². The van der Waals surface area contributed by atoms with Gasteiger partial charge in [0.25, 0.3) is 0 Å². The molecule has 5 rings (SSSR count). The van der Waals surface area contributed by atoms with Crippen LogP contribution in [0.15, 0.2) is 83.8 Å². The molecule has 0 saturated heterocycles. The molecule has 5 nitrogen and oxygen atoms in total. The first-order valence-corrected chi connectivity index (χ1v) is 8.89. The highest BCUT2D eigenvalue weighted by atomic mass is 35.5. The zero-order valence-corrected chi connectivity index (χ0v) is 16.1. The highest BCUT2D eigenvalue weighted by Gasteiger charge is 2.14. The Bertz CT molecular complexity index is 1220. The lowest BCUT2D eigenvalue weighted by atomic mass is 10.1. The molecule has 0 amide bonds. The second-order valence-corrected chi connectivity index (χ2v) is 6.56. The fourth-order valence-corrected chi connectivity index (χ4v) is 3.44. The molecule has 3 aromatic heterocycles. The van der Waals surface area contributed by atoms with Crippen molar-refractivity contribution in [3.8, 4) is 17.1 Å². The number of hydrogen-bond donors (Lipinski definition) is 0. The van der Waals surface area contributed by atoms with E-state index in [9.17, 15) is 0 Å². The van der Waals surface area contributed by atoms with Gasteiger partial charge < -0.3 is 9.09 Å². The molecule has 28 heavy (non-hydrogen) atoms. The third-order valence-corrected chi connectivity index (χ3v) is 4.86. The molecular weight excluding hydrogens is 372 g/mol. The molecule has 3 heterocycles. The van der Waals surface area contributed by atoms with E-state index in [1.807, 2.05) is 61.8 Å². The van der Waals surface area contributed by atoms with Crippen molar-refractivity contribution in [1.29, 1.82) is 0 Å². The summed E-state index contributed by atoms with van der Waals surface area (Å²) in [7, 11) is 0. The van der Waals surface area contributed by atoms with Gasteiger partial charge in [-0.15, -0.1) is 12.4 Å². The van der Waals surface area contributed by atoms with Crippen molar-refractivity contribution in [1.82, 2.24) is 19.3 Å². The van der Waals surface area contributed by atoms with Crippen LogP contribution in [0.1, 0.15) is 11.4 Å². The second-order valence-electron chi connectivity index (χ2n) is 6.56. The summed E-state index contributed by atoms with van der Waals surface area (Å²) in [5, 5.41) is 5.46. The van der Waals surface area contributed by atoms with E-state index in [0.717, 1.165) is 29.1 Å². The Balaban J connectivity index is 0.00000192. The maximum atomic E-state index is 5.68. The maximum absolute atomic E-state index is 5.68. The number of nitrogens with zero attached hydrogens (tertiary/aromatic N) is 4. The molecule has 0 fully saturated rings. The number of fused-ring (bicyclic) bond motifs is 1. The number of benzene rings is 2. The summed E-state index contributed by atoms with van der Waals surface area (Å²) in [5.74, 6) is 1.71. The van der Waals surface area contributed by atoms with Crippen molar-refractivity contribution in [2.24, 2.45) is 0 Å². The van der Waals surface area contributed by atoms with E-state index in [1.54, 1.807) is 0 Å². The number of para-hydroxylation sites is 1. The Labute approximate surface area is 168 Å². The predicted molar refractivity (Wildman–Crippen MR) is 112 cm³/mol. The minimum atomic E-state index is 0. The normalized spacial score (nSPS) is 10.9. The molecule has 140 valence electrons. The number of aromatic nitrogens is 4. The van der Waals surface area contributed by atoms with Gasteiger partial charge in [0.2, 0.25) is 5.88 Å².